The highest BCUT2D eigenvalue weighted by molar-refractivity contribution is 5.58. The molecule has 0 amide bonds. The lowest BCUT2D eigenvalue weighted by atomic mass is 10.2. The van der Waals surface area contributed by atoms with Crippen LogP contribution < -0.4 is 4.74 Å². The summed E-state index contributed by atoms with van der Waals surface area (Å²) in [6.45, 7) is -2.79. The van der Waals surface area contributed by atoms with E-state index in [1.54, 1.807) is 30.5 Å². The van der Waals surface area contributed by atoms with Crippen molar-refractivity contribution in [2.75, 3.05) is 0 Å². The molecule has 0 bridgehead atoms. The molecule has 0 aliphatic heterocycles. The maximum atomic E-state index is 11.9. The Bertz CT molecular complexity index is 407. The van der Waals surface area contributed by atoms with Crippen LogP contribution in [0.3, 0.4) is 0 Å². The summed E-state index contributed by atoms with van der Waals surface area (Å²) in [7, 11) is 0. The summed E-state index contributed by atoms with van der Waals surface area (Å²) in [5.74, 6) is 0.832. The van der Waals surface area contributed by atoms with Crippen molar-refractivity contribution < 1.29 is 17.9 Å². The Morgan fingerprint density at radius 1 is 1.07 bits per heavy atom. The van der Waals surface area contributed by atoms with Crippen LogP contribution in [-0.2, 0) is 0 Å². The second-order valence-corrected chi connectivity index (χ2v) is 2.88. The van der Waals surface area contributed by atoms with Gasteiger partial charge in [0.1, 0.15) is 11.5 Å². The summed E-state index contributed by atoms with van der Waals surface area (Å²) >= 11 is 0. The number of ether oxygens (including phenoxy) is 1. The van der Waals surface area contributed by atoms with Crippen LogP contribution in [-0.4, -0.2) is 6.61 Å². The number of halogens is 2. The normalized spacial score (nSPS) is 10.6. The lowest BCUT2D eigenvalue weighted by Gasteiger charge is -2.04. The second-order valence-electron chi connectivity index (χ2n) is 2.88. The molecule has 0 aliphatic rings. The molecule has 2 rings (SSSR count). The molecule has 0 atom stereocenters. The van der Waals surface area contributed by atoms with Gasteiger partial charge in [-0.25, -0.2) is 0 Å². The van der Waals surface area contributed by atoms with E-state index in [0.717, 1.165) is 5.56 Å². The van der Waals surface area contributed by atoms with Crippen LogP contribution in [0.5, 0.6) is 5.75 Å². The molecule has 2 nitrogen and oxygen atoms in total. The molecular weight excluding hydrogens is 202 g/mol. The third kappa shape index (κ3) is 2.34. The first-order valence-electron chi connectivity index (χ1n) is 4.34. The number of benzene rings is 1. The topological polar surface area (TPSA) is 22.4 Å². The maximum Gasteiger partial charge on any atom is 0.387 e. The largest absolute Gasteiger partial charge is 0.464 e. The minimum absolute atomic E-state index is 0.139. The van der Waals surface area contributed by atoms with E-state index in [-0.39, 0.29) is 5.75 Å². The van der Waals surface area contributed by atoms with E-state index in [2.05, 4.69) is 4.74 Å². The van der Waals surface area contributed by atoms with E-state index in [4.69, 9.17) is 4.42 Å². The Hall–Kier alpha value is -1.84. The van der Waals surface area contributed by atoms with Gasteiger partial charge in [0.2, 0.25) is 0 Å². The molecule has 0 N–H and O–H groups in total. The highest BCUT2D eigenvalue weighted by Crippen LogP contribution is 2.23. The quantitative estimate of drug-likeness (QED) is 0.772. The Kier molecular flexibility index (Phi) is 2.67. The number of rotatable bonds is 3. The van der Waals surface area contributed by atoms with Gasteiger partial charge in [-0.1, -0.05) is 0 Å². The third-order valence-electron chi connectivity index (χ3n) is 1.89. The molecular formula is C11H8F2O2. The smallest absolute Gasteiger partial charge is 0.387 e. The van der Waals surface area contributed by atoms with Crippen molar-refractivity contribution in [3.05, 3.63) is 42.7 Å². The fourth-order valence-electron chi connectivity index (χ4n) is 1.24. The van der Waals surface area contributed by atoms with Crippen LogP contribution in [0.2, 0.25) is 0 Å². The van der Waals surface area contributed by atoms with E-state index >= 15 is 0 Å². The first kappa shape index (κ1) is 9.71. The molecule has 2 aromatic rings. The van der Waals surface area contributed by atoms with Gasteiger partial charge < -0.3 is 9.15 Å². The standard InChI is InChI=1S/C11H8F2O2/c12-11(13)15-9-5-3-8(4-6-9)10-2-1-7-14-10/h1-7,11H. The molecule has 1 heterocycles. The minimum atomic E-state index is -2.79. The van der Waals surface area contributed by atoms with Crippen LogP contribution in [0, 0.1) is 0 Å². The van der Waals surface area contributed by atoms with E-state index < -0.39 is 6.61 Å². The summed E-state index contributed by atoms with van der Waals surface area (Å²) in [6.07, 6.45) is 1.55. The molecule has 0 radical (unpaired) electrons. The molecule has 78 valence electrons. The van der Waals surface area contributed by atoms with Gasteiger partial charge in [-0.05, 0) is 36.4 Å². The summed E-state index contributed by atoms with van der Waals surface area (Å²) in [5, 5.41) is 0. The SMILES string of the molecule is FC(F)Oc1ccc(-c2ccco2)cc1. The fourth-order valence-corrected chi connectivity index (χ4v) is 1.24. The molecule has 0 spiro atoms. The predicted molar refractivity (Wildman–Crippen MR) is 50.8 cm³/mol. The minimum Gasteiger partial charge on any atom is -0.464 e. The lowest BCUT2D eigenvalue weighted by molar-refractivity contribution is -0.0498. The van der Waals surface area contributed by atoms with Crippen LogP contribution in [0.25, 0.3) is 11.3 Å². The van der Waals surface area contributed by atoms with Crippen molar-refractivity contribution in [2.24, 2.45) is 0 Å². The number of hydrogen-bond acceptors (Lipinski definition) is 2. The molecule has 0 saturated carbocycles. The average molecular weight is 210 g/mol. The van der Waals surface area contributed by atoms with Crippen LogP contribution in [0.4, 0.5) is 8.78 Å². The molecule has 1 aromatic heterocycles. The summed E-state index contributed by atoms with van der Waals surface area (Å²) < 4.78 is 33.1. The third-order valence-corrected chi connectivity index (χ3v) is 1.89. The van der Waals surface area contributed by atoms with Crippen molar-refractivity contribution in [3.63, 3.8) is 0 Å². The summed E-state index contributed by atoms with van der Waals surface area (Å²) in [5.41, 5.74) is 0.821. The van der Waals surface area contributed by atoms with Crippen LogP contribution in [0.15, 0.2) is 47.1 Å². The zero-order valence-corrected chi connectivity index (χ0v) is 7.69. The first-order valence-corrected chi connectivity index (χ1v) is 4.34. The van der Waals surface area contributed by atoms with Gasteiger partial charge in [0.25, 0.3) is 0 Å². The van der Waals surface area contributed by atoms with E-state index in [9.17, 15) is 8.78 Å². The van der Waals surface area contributed by atoms with Crippen molar-refractivity contribution >= 4 is 0 Å². The highest BCUT2D eigenvalue weighted by atomic mass is 19.3. The maximum absolute atomic E-state index is 11.9. The Morgan fingerprint density at radius 3 is 2.33 bits per heavy atom. The van der Waals surface area contributed by atoms with Gasteiger partial charge in [0.15, 0.2) is 0 Å². The van der Waals surface area contributed by atoms with Crippen LogP contribution >= 0.6 is 0 Å². The summed E-state index contributed by atoms with van der Waals surface area (Å²) in [4.78, 5) is 0. The highest BCUT2D eigenvalue weighted by Gasteiger charge is 2.05. The van der Waals surface area contributed by atoms with Gasteiger partial charge in [-0.3, -0.25) is 0 Å². The van der Waals surface area contributed by atoms with Crippen molar-refractivity contribution in [1.29, 1.82) is 0 Å². The van der Waals surface area contributed by atoms with E-state index in [1.807, 2.05) is 0 Å². The van der Waals surface area contributed by atoms with Gasteiger partial charge in [-0.2, -0.15) is 8.78 Å². The van der Waals surface area contributed by atoms with Gasteiger partial charge in [0.05, 0.1) is 6.26 Å². The lowest BCUT2D eigenvalue weighted by Crippen LogP contribution is -2.01. The Labute approximate surface area is 85.1 Å². The van der Waals surface area contributed by atoms with Gasteiger partial charge in [-0.15, -0.1) is 0 Å². The molecule has 4 heteroatoms. The fraction of sp³-hybridized carbons (Fsp3) is 0.0909. The molecule has 0 saturated heterocycles. The van der Waals surface area contributed by atoms with Gasteiger partial charge in [0, 0.05) is 5.56 Å². The Balaban J connectivity index is 2.17. The molecule has 15 heavy (non-hydrogen) atoms. The summed E-state index contributed by atoms with van der Waals surface area (Å²) in [6, 6.07) is 9.84. The van der Waals surface area contributed by atoms with Crippen LogP contribution in [0.1, 0.15) is 0 Å². The van der Waals surface area contributed by atoms with E-state index in [0.29, 0.717) is 5.76 Å². The molecule has 0 aliphatic carbocycles. The number of hydrogen-bond donors (Lipinski definition) is 0. The van der Waals surface area contributed by atoms with Crippen molar-refractivity contribution in [1.82, 2.24) is 0 Å². The van der Waals surface area contributed by atoms with Gasteiger partial charge >= 0.3 is 6.61 Å². The first-order chi connectivity index (χ1) is 7.25. The molecule has 0 unspecified atom stereocenters. The molecule has 0 fully saturated rings. The van der Waals surface area contributed by atoms with Crippen molar-refractivity contribution in [2.45, 2.75) is 6.61 Å². The Morgan fingerprint density at radius 2 is 1.80 bits per heavy atom. The number of alkyl halides is 2. The zero-order chi connectivity index (χ0) is 10.7. The zero-order valence-electron chi connectivity index (χ0n) is 7.69. The molecule has 1 aromatic carbocycles. The van der Waals surface area contributed by atoms with Crippen molar-refractivity contribution in [3.8, 4) is 17.1 Å². The van der Waals surface area contributed by atoms with E-state index in [1.165, 1.54) is 12.1 Å². The second kappa shape index (κ2) is 4.13. The predicted octanol–water partition coefficient (Wildman–Crippen LogP) is 3.55. The number of furan rings is 1. The average Bonchev–Trinajstić information content (AvgIpc) is 2.71. The monoisotopic (exact) mass is 210 g/mol.